The van der Waals surface area contributed by atoms with Gasteiger partial charge in [0.25, 0.3) is 0 Å². The molecule has 1 aromatic heterocycles. The molecule has 1 heterocycles. The Hall–Kier alpha value is -3.41. The van der Waals surface area contributed by atoms with Crippen LogP contribution in [0.25, 0.3) is 0 Å². The summed E-state index contributed by atoms with van der Waals surface area (Å²) in [6.45, 7) is 2.76. The van der Waals surface area contributed by atoms with E-state index in [1.165, 1.54) is 0 Å². The number of aromatic nitrogens is 2. The number of benzene rings is 2. The molecule has 6 heteroatoms. The molecular formula is C20H20N4O2. The van der Waals surface area contributed by atoms with E-state index in [4.69, 9.17) is 4.74 Å². The molecule has 26 heavy (non-hydrogen) atoms. The minimum atomic E-state index is -0.381. The van der Waals surface area contributed by atoms with Gasteiger partial charge in [-0.3, -0.25) is 0 Å². The minimum Gasteiger partial charge on any atom is -0.462 e. The maximum Gasteiger partial charge on any atom is 0.340 e. The molecule has 0 unspecified atom stereocenters. The zero-order valence-electron chi connectivity index (χ0n) is 14.5. The third-order valence-corrected chi connectivity index (χ3v) is 3.64. The molecule has 0 amide bonds. The Balaban J connectivity index is 1.72. The molecule has 0 saturated heterocycles. The number of carbonyl (C=O) groups is 1. The lowest BCUT2D eigenvalue weighted by Gasteiger charge is -2.11. The van der Waals surface area contributed by atoms with Crippen LogP contribution in [-0.2, 0) is 11.3 Å². The number of esters is 1. The van der Waals surface area contributed by atoms with Gasteiger partial charge in [-0.05, 0) is 30.7 Å². The number of ether oxygens (including phenoxy) is 1. The molecule has 0 bridgehead atoms. The van der Waals surface area contributed by atoms with Crippen molar-refractivity contribution in [1.82, 2.24) is 9.97 Å². The zero-order chi connectivity index (χ0) is 18.2. The van der Waals surface area contributed by atoms with Gasteiger partial charge >= 0.3 is 5.97 Å². The molecule has 0 fully saturated rings. The first-order chi connectivity index (χ1) is 12.8. The van der Waals surface area contributed by atoms with Gasteiger partial charge in [0.1, 0.15) is 5.82 Å². The van der Waals surface area contributed by atoms with Gasteiger partial charge in [0.2, 0.25) is 5.95 Å². The highest BCUT2D eigenvalue weighted by molar-refractivity contribution is 5.96. The van der Waals surface area contributed by atoms with Gasteiger partial charge in [0.15, 0.2) is 0 Å². The highest BCUT2D eigenvalue weighted by Crippen LogP contribution is 2.20. The Bertz CT molecular complexity index is 868. The van der Waals surface area contributed by atoms with E-state index in [2.05, 4.69) is 20.6 Å². The van der Waals surface area contributed by atoms with Crippen LogP contribution < -0.4 is 10.6 Å². The summed E-state index contributed by atoms with van der Waals surface area (Å²) in [5.74, 6) is 0.716. The number of nitrogens with one attached hydrogen (secondary N) is 2. The molecule has 132 valence electrons. The van der Waals surface area contributed by atoms with Crippen molar-refractivity contribution in [2.24, 2.45) is 0 Å². The molecule has 0 aliphatic heterocycles. The van der Waals surface area contributed by atoms with E-state index in [0.29, 0.717) is 36.2 Å². The van der Waals surface area contributed by atoms with Gasteiger partial charge in [-0.2, -0.15) is 4.98 Å². The molecule has 0 radical (unpaired) electrons. The van der Waals surface area contributed by atoms with E-state index in [-0.39, 0.29) is 5.97 Å². The topological polar surface area (TPSA) is 76.1 Å². The van der Waals surface area contributed by atoms with Gasteiger partial charge in [-0.25, -0.2) is 9.78 Å². The largest absolute Gasteiger partial charge is 0.462 e. The number of hydrogen-bond donors (Lipinski definition) is 2. The molecular weight excluding hydrogens is 328 g/mol. The van der Waals surface area contributed by atoms with Gasteiger partial charge in [-0.1, -0.05) is 42.5 Å². The van der Waals surface area contributed by atoms with E-state index < -0.39 is 0 Å². The van der Waals surface area contributed by atoms with Crippen LogP contribution >= 0.6 is 0 Å². The smallest absolute Gasteiger partial charge is 0.340 e. The lowest BCUT2D eigenvalue weighted by Crippen LogP contribution is -2.09. The molecule has 0 aliphatic rings. The van der Waals surface area contributed by atoms with E-state index in [1.54, 1.807) is 37.4 Å². The van der Waals surface area contributed by atoms with E-state index in [0.717, 1.165) is 5.56 Å². The fourth-order valence-electron chi connectivity index (χ4n) is 2.41. The predicted molar refractivity (Wildman–Crippen MR) is 101 cm³/mol. The molecule has 0 spiro atoms. The van der Waals surface area contributed by atoms with E-state index in [9.17, 15) is 4.79 Å². The lowest BCUT2D eigenvalue weighted by molar-refractivity contribution is 0.0527. The maximum atomic E-state index is 12.1. The van der Waals surface area contributed by atoms with Crippen LogP contribution in [0.1, 0.15) is 22.8 Å². The summed E-state index contributed by atoms with van der Waals surface area (Å²) in [4.78, 5) is 20.7. The molecule has 0 atom stereocenters. The number of anilines is 3. The third kappa shape index (κ3) is 4.57. The van der Waals surface area contributed by atoms with Crippen molar-refractivity contribution in [2.45, 2.75) is 13.5 Å². The van der Waals surface area contributed by atoms with Gasteiger partial charge in [0, 0.05) is 12.7 Å². The van der Waals surface area contributed by atoms with E-state index >= 15 is 0 Å². The van der Waals surface area contributed by atoms with Crippen molar-refractivity contribution in [3.05, 3.63) is 78.0 Å². The van der Waals surface area contributed by atoms with Crippen molar-refractivity contribution in [3.63, 3.8) is 0 Å². The standard InChI is InChI=1S/C20H20N4O2/c1-2-26-19(25)16-10-6-7-11-17(16)23-20-21-13-12-18(24-20)22-14-15-8-4-3-5-9-15/h3-13H,2,14H2,1H3,(H2,21,22,23,24). The summed E-state index contributed by atoms with van der Waals surface area (Å²) in [7, 11) is 0. The average molecular weight is 348 g/mol. The first kappa shape index (κ1) is 17.4. The van der Waals surface area contributed by atoms with Crippen LogP contribution in [0.5, 0.6) is 0 Å². The van der Waals surface area contributed by atoms with Crippen LogP contribution in [0.2, 0.25) is 0 Å². The fraction of sp³-hybridized carbons (Fsp3) is 0.150. The number of para-hydroxylation sites is 1. The summed E-state index contributed by atoms with van der Waals surface area (Å²) in [5, 5.41) is 6.35. The number of nitrogens with zero attached hydrogens (tertiary/aromatic N) is 2. The van der Waals surface area contributed by atoms with Crippen molar-refractivity contribution >= 4 is 23.4 Å². The van der Waals surface area contributed by atoms with Crippen LogP contribution in [0.3, 0.4) is 0 Å². The Morgan fingerprint density at radius 3 is 2.62 bits per heavy atom. The molecule has 3 aromatic rings. The summed E-state index contributed by atoms with van der Waals surface area (Å²) in [5.41, 5.74) is 2.21. The molecule has 3 rings (SSSR count). The SMILES string of the molecule is CCOC(=O)c1ccccc1Nc1nccc(NCc2ccccc2)n1. The van der Waals surface area contributed by atoms with Crippen molar-refractivity contribution in [1.29, 1.82) is 0 Å². The van der Waals surface area contributed by atoms with Crippen LogP contribution in [0.15, 0.2) is 66.9 Å². The molecule has 2 aromatic carbocycles. The summed E-state index contributed by atoms with van der Waals surface area (Å²) in [6, 6.07) is 19.0. The van der Waals surface area contributed by atoms with Crippen LogP contribution in [-0.4, -0.2) is 22.5 Å². The zero-order valence-corrected chi connectivity index (χ0v) is 14.5. The Kier molecular flexibility index (Phi) is 5.77. The highest BCUT2D eigenvalue weighted by Gasteiger charge is 2.12. The van der Waals surface area contributed by atoms with Gasteiger partial charge in [0.05, 0.1) is 17.9 Å². The second kappa shape index (κ2) is 8.62. The summed E-state index contributed by atoms with van der Waals surface area (Å²) >= 11 is 0. The molecule has 6 nitrogen and oxygen atoms in total. The first-order valence-electron chi connectivity index (χ1n) is 8.40. The summed E-state index contributed by atoms with van der Waals surface area (Å²) < 4.78 is 5.09. The number of rotatable bonds is 7. The average Bonchev–Trinajstić information content (AvgIpc) is 2.68. The number of hydrogen-bond acceptors (Lipinski definition) is 6. The quantitative estimate of drug-likeness (QED) is 0.628. The fourth-order valence-corrected chi connectivity index (χ4v) is 2.41. The van der Waals surface area contributed by atoms with Crippen molar-refractivity contribution in [3.8, 4) is 0 Å². The van der Waals surface area contributed by atoms with Gasteiger partial charge < -0.3 is 15.4 Å². The first-order valence-corrected chi connectivity index (χ1v) is 8.40. The lowest BCUT2D eigenvalue weighted by atomic mass is 10.2. The second-order valence-electron chi connectivity index (χ2n) is 5.50. The molecule has 0 saturated carbocycles. The monoisotopic (exact) mass is 348 g/mol. The predicted octanol–water partition coefficient (Wildman–Crippen LogP) is 4.01. The molecule has 2 N–H and O–H groups in total. The van der Waals surface area contributed by atoms with Crippen molar-refractivity contribution < 1.29 is 9.53 Å². The van der Waals surface area contributed by atoms with Gasteiger partial charge in [-0.15, -0.1) is 0 Å². The maximum absolute atomic E-state index is 12.1. The third-order valence-electron chi connectivity index (χ3n) is 3.64. The summed E-state index contributed by atoms with van der Waals surface area (Å²) in [6.07, 6.45) is 1.66. The molecule has 0 aliphatic carbocycles. The normalized spacial score (nSPS) is 10.2. The minimum absolute atomic E-state index is 0.322. The van der Waals surface area contributed by atoms with Crippen LogP contribution in [0.4, 0.5) is 17.5 Å². The van der Waals surface area contributed by atoms with Crippen molar-refractivity contribution in [2.75, 3.05) is 17.2 Å². The highest BCUT2D eigenvalue weighted by atomic mass is 16.5. The van der Waals surface area contributed by atoms with Crippen LogP contribution in [0, 0.1) is 0 Å². The Labute approximate surface area is 152 Å². The van der Waals surface area contributed by atoms with E-state index in [1.807, 2.05) is 36.4 Å². The number of carbonyl (C=O) groups excluding carboxylic acids is 1. The second-order valence-corrected chi connectivity index (χ2v) is 5.50. The Morgan fingerprint density at radius 2 is 1.81 bits per heavy atom. The Morgan fingerprint density at radius 1 is 1.04 bits per heavy atom.